The molecule has 2 aromatic heterocycles. The first-order chi connectivity index (χ1) is 10.9. The molecule has 0 aliphatic heterocycles. The molecule has 1 aliphatic rings. The van der Waals surface area contributed by atoms with Gasteiger partial charge >= 0.3 is 0 Å². The second-order valence-corrected chi connectivity index (χ2v) is 6.23. The monoisotopic (exact) mass is 283 g/mol. The molecular formula is C21H17N. The highest BCUT2D eigenvalue weighted by atomic mass is 14.9. The Morgan fingerprint density at radius 2 is 1.73 bits per heavy atom. The zero-order valence-corrected chi connectivity index (χ0v) is 12.4. The van der Waals surface area contributed by atoms with Crippen LogP contribution in [0.1, 0.15) is 17.5 Å². The molecule has 0 radical (unpaired) electrons. The van der Waals surface area contributed by atoms with Crippen LogP contribution in [0, 0.1) is 0 Å². The lowest BCUT2D eigenvalue weighted by Gasteiger charge is -2.14. The summed E-state index contributed by atoms with van der Waals surface area (Å²) in [4.78, 5) is 0. The molecule has 0 fully saturated rings. The van der Waals surface area contributed by atoms with Gasteiger partial charge in [0.25, 0.3) is 0 Å². The molecule has 0 unspecified atom stereocenters. The maximum atomic E-state index is 2.33. The van der Waals surface area contributed by atoms with Gasteiger partial charge in [-0.15, -0.1) is 0 Å². The third kappa shape index (κ3) is 1.66. The van der Waals surface area contributed by atoms with E-state index >= 15 is 0 Å². The average molecular weight is 283 g/mol. The largest absolute Gasteiger partial charge is 0.323 e. The molecule has 0 saturated carbocycles. The van der Waals surface area contributed by atoms with E-state index in [9.17, 15) is 0 Å². The number of nitrogens with zero attached hydrogens (tertiary/aromatic N) is 1. The van der Waals surface area contributed by atoms with Crippen molar-refractivity contribution in [1.82, 2.24) is 4.40 Å². The number of aromatic nitrogens is 1. The second-order valence-electron chi connectivity index (χ2n) is 6.23. The van der Waals surface area contributed by atoms with Gasteiger partial charge in [-0.3, -0.25) is 0 Å². The van der Waals surface area contributed by atoms with Crippen molar-refractivity contribution in [2.24, 2.45) is 0 Å². The van der Waals surface area contributed by atoms with Crippen molar-refractivity contribution in [3.8, 4) is 11.1 Å². The van der Waals surface area contributed by atoms with E-state index < -0.39 is 0 Å². The molecule has 0 bridgehead atoms. The van der Waals surface area contributed by atoms with Crippen molar-refractivity contribution in [3.63, 3.8) is 0 Å². The van der Waals surface area contributed by atoms with Gasteiger partial charge in [0.15, 0.2) is 0 Å². The first-order valence-electron chi connectivity index (χ1n) is 8.01. The number of hydrogen-bond acceptors (Lipinski definition) is 0. The van der Waals surface area contributed by atoms with Gasteiger partial charge in [0, 0.05) is 18.0 Å². The lowest BCUT2D eigenvalue weighted by atomic mass is 9.91. The van der Waals surface area contributed by atoms with Crippen molar-refractivity contribution in [2.45, 2.75) is 19.3 Å². The van der Waals surface area contributed by atoms with Crippen molar-refractivity contribution < 1.29 is 0 Å². The summed E-state index contributed by atoms with van der Waals surface area (Å²) in [5.41, 5.74) is 7.20. The van der Waals surface area contributed by atoms with Crippen LogP contribution in [0.25, 0.3) is 27.4 Å². The van der Waals surface area contributed by atoms with Gasteiger partial charge < -0.3 is 4.40 Å². The standard InChI is InChI=1S/C21H17N/c1-2-6-17-13-18(11-10-15(17)5-1)20-14-22-12-4-8-16-7-3-9-19(20)21(16)22/h1-2,4-6,8,10-14H,3,7,9H2. The molecule has 1 nitrogen and oxygen atoms in total. The predicted octanol–water partition coefficient (Wildman–Crippen LogP) is 5.25. The van der Waals surface area contributed by atoms with Crippen LogP contribution < -0.4 is 0 Å². The molecule has 1 heteroatoms. The Bertz CT molecular complexity index is 1010. The van der Waals surface area contributed by atoms with Gasteiger partial charge in [0.05, 0.1) is 5.52 Å². The van der Waals surface area contributed by atoms with Crippen LogP contribution in [-0.4, -0.2) is 4.40 Å². The van der Waals surface area contributed by atoms with E-state index in [-0.39, 0.29) is 0 Å². The maximum absolute atomic E-state index is 2.33. The van der Waals surface area contributed by atoms with E-state index in [0.29, 0.717) is 0 Å². The van der Waals surface area contributed by atoms with Crippen molar-refractivity contribution in [1.29, 1.82) is 0 Å². The maximum Gasteiger partial charge on any atom is 0.0520 e. The van der Waals surface area contributed by atoms with Crippen LogP contribution >= 0.6 is 0 Å². The number of benzene rings is 2. The Morgan fingerprint density at radius 1 is 0.818 bits per heavy atom. The van der Waals surface area contributed by atoms with E-state index in [1.54, 1.807) is 0 Å². The van der Waals surface area contributed by atoms with Crippen LogP contribution in [0.4, 0.5) is 0 Å². The molecular weight excluding hydrogens is 266 g/mol. The van der Waals surface area contributed by atoms with Crippen molar-refractivity contribution in [2.75, 3.05) is 0 Å². The normalized spacial score (nSPS) is 13.8. The SMILES string of the molecule is c1ccc2cc(-c3cn4cccc5c4c3CCC5)ccc2c1. The molecule has 4 aromatic rings. The van der Waals surface area contributed by atoms with Crippen LogP contribution in [0.2, 0.25) is 0 Å². The van der Waals surface area contributed by atoms with Crippen molar-refractivity contribution >= 4 is 16.3 Å². The Hall–Kier alpha value is -2.54. The van der Waals surface area contributed by atoms with Crippen molar-refractivity contribution in [3.05, 3.63) is 78.1 Å². The second kappa shape index (κ2) is 4.48. The summed E-state index contributed by atoms with van der Waals surface area (Å²) in [6.45, 7) is 0. The number of hydrogen-bond donors (Lipinski definition) is 0. The summed E-state index contributed by atoms with van der Waals surface area (Å²) in [5, 5.41) is 2.63. The highest BCUT2D eigenvalue weighted by Gasteiger charge is 2.18. The first-order valence-corrected chi connectivity index (χ1v) is 8.01. The minimum absolute atomic E-state index is 1.19. The molecule has 106 valence electrons. The third-order valence-corrected chi connectivity index (χ3v) is 4.92. The van der Waals surface area contributed by atoms with Gasteiger partial charge in [-0.2, -0.15) is 0 Å². The number of fused-ring (bicyclic) bond motifs is 1. The summed E-state index contributed by atoms with van der Waals surface area (Å²) in [7, 11) is 0. The fourth-order valence-corrected chi connectivity index (χ4v) is 3.89. The number of pyridine rings is 1. The summed E-state index contributed by atoms with van der Waals surface area (Å²) in [6, 6.07) is 19.9. The third-order valence-electron chi connectivity index (χ3n) is 4.92. The molecule has 0 amide bonds. The Labute approximate surface area is 129 Å². The van der Waals surface area contributed by atoms with Crippen LogP contribution in [0.15, 0.2) is 67.0 Å². The van der Waals surface area contributed by atoms with E-state index in [2.05, 4.69) is 71.4 Å². The molecule has 2 aromatic carbocycles. The fraction of sp³-hybridized carbons (Fsp3) is 0.143. The lowest BCUT2D eigenvalue weighted by molar-refractivity contribution is 0.803. The number of rotatable bonds is 1. The number of aryl methyl sites for hydroxylation is 2. The Morgan fingerprint density at radius 3 is 2.68 bits per heavy atom. The van der Waals surface area contributed by atoms with Crippen LogP contribution in [0.3, 0.4) is 0 Å². The predicted molar refractivity (Wildman–Crippen MR) is 92.4 cm³/mol. The summed E-state index contributed by atoms with van der Waals surface area (Å²) >= 11 is 0. The molecule has 0 saturated heterocycles. The Balaban J connectivity index is 1.80. The van der Waals surface area contributed by atoms with Gasteiger partial charge in [0.2, 0.25) is 0 Å². The molecule has 5 rings (SSSR count). The topological polar surface area (TPSA) is 4.41 Å². The molecule has 2 heterocycles. The molecule has 0 spiro atoms. The minimum Gasteiger partial charge on any atom is -0.323 e. The average Bonchev–Trinajstić information content (AvgIpc) is 2.96. The van der Waals surface area contributed by atoms with E-state index in [1.807, 2.05) is 0 Å². The molecule has 0 N–H and O–H groups in total. The summed E-state index contributed by atoms with van der Waals surface area (Å²) in [6.07, 6.45) is 8.15. The highest BCUT2D eigenvalue weighted by molar-refractivity contribution is 5.89. The van der Waals surface area contributed by atoms with Crippen LogP contribution in [0.5, 0.6) is 0 Å². The van der Waals surface area contributed by atoms with Gasteiger partial charge in [0.1, 0.15) is 0 Å². The molecule has 0 atom stereocenters. The zero-order chi connectivity index (χ0) is 14.5. The highest BCUT2D eigenvalue weighted by Crippen LogP contribution is 2.36. The zero-order valence-electron chi connectivity index (χ0n) is 12.4. The minimum atomic E-state index is 1.19. The van der Waals surface area contributed by atoms with Gasteiger partial charge in [-0.25, -0.2) is 0 Å². The van der Waals surface area contributed by atoms with Gasteiger partial charge in [-0.1, -0.05) is 42.5 Å². The van der Waals surface area contributed by atoms with Gasteiger partial charge in [-0.05, 0) is 58.9 Å². The van der Waals surface area contributed by atoms with E-state index in [1.165, 1.54) is 57.8 Å². The summed E-state index contributed by atoms with van der Waals surface area (Å²) < 4.78 is 2.31. The molecule has 22 heavy (non-hydrogen) atoms. The van der Waals surface area contributed by atoms with E-state index in [0.717, 1.165) is 0 Å². The van der Waals surface area contributed by atoms with Crippen LogP contribution in [-0.2, 0) is 12.8 Å². The quantitative estimate of drug-likeness (QED) is 0.449. The fourth-order valence-electron chi connectivity index (χ4n) is 3.89. The smallest absolute Gasteiger partial charge is 0.0520 e. The summed E-state index contributed by atoms with van der Waals surface area (Å²) in [5.74, 6) is 0. The van der Waals surface area contributed by atoms with E-state index in [4.69, 9.17) is 0 Å². The Kier molecular flexibility index (Phi) is 2.45. The lowest BCUT2D eigenvalue weighted by Crippen LogP contribution is -2.01. The molecule has 1 aliphatic carbocycles. The first kappa shape index (κ1) is 12.0.